The van der Waals surface area contributed by atoms with Crippen LogP contribution in [0.1, 0.15) is 32.2 Å². The Hall–Kier alpha value is -1.92. The van der Waals surface area contributed by atoms with E-state index in [2.05, 4.69) is 52.6 Å². The molecule has 122 valence electrons. The lowest BCUT2D eigenvalue weighted by Crippen LogP contribution is -2.26. The molecule has 23 heavy (non-hydrogen) atoms. The molecular formula is C17H22N4OS. The van der Waals surface area contributed by atoms with Gasteiger partial charge in [-0.05, 0) is 18.1 Å². The number of nitrogens with zero attached hydrogens (tertiary/aromatic N) is 2. The van der Waals surface area contributed by atoms with Crippen LogP contribution in [-0.2, 0) is 11.8 Å². The number of para-hydroxylation sites is 1. The molecule has 0 bridgehead atoms. The van der Waals surface area contributed by atoms with Gasteiger partial charge < -0.3 is 15.4 Å². The first-order chi connectivity index (χ1) is 11.0. The molecule has 0 amide bonds. The third-order valence-corrected chi connectivity index (χ3v) is 4.43. The molecule has 2 heterocycles. The summed E-state index contributed by atoms with van der Waals surface area (Å²) in [6, 6.07) is 8.11. The highest BCUT2D eigenvalue weighted by molar-refractivity contribution is 7.09. The van der Waals surface area contributed by atoms with Crippen molar-refractivity contribution in [2.75, 3.05) is 11.9 Å². The molecule has 0 aliphatic rings. The van der Waals surface area contributed by atoms with Crippen molar-refractivity contribution in [3.05, 3.63) is 41.9 Å². The number of hydrogen-bond donors (Lipinski definition) is 3. The van der Waals surface area contributed by atoms with Gasteiger partial charge >= 0.3 is 0 Å². The van der Waals surface area contributed by atoms with Crippen LogP contribution in [0.25, 0.3) is 10.9 Å². The zero-order valence-electron chi connectivity index (χ0n) is 13.6. The van der Waals surface area contributed by atoms with Crippen LogP contribution in [0.3, 0.4) is 0 Å². The third-order valence-electron chi connectivity index (χ3n) is 3.79. The van der Waals surface area contributed by atoms with Crippen LogP contribution in [-0.4, -0.2) is 32.1 Å². The summed E-state index contributed by atoms with van der Waals surface area (Å²) in [5.41, 5.74) is 2.24. The van der Waals surface area contributed by atoms with Crippen molar-refractivity contribution in [1.29, 1.82) is 0 Å². The quantitative estimate of drug-likeness (QED) is 0.671. The second-order valence-corrected chi connectivity index (χ2v) is 7.51. The average molecular weight is 330 g/mol. The van der Waals surface area contributed by atoms with Gasteiger partial charge in [0.25, 0.3) is 0 Å². The van der Waals surface area contributed by atoms with E-state index in [9.17, 15) is 5.11 Å². The molecular weight excluding hydrogens is 308 g/mol. The zero-order valence-corrected chi connectivity index (χ0v) is 14.4. The highest BCUT2D eigenvalue weighted by Crippen LogP contribution is 2.24. The number of nitrogens with one attached hydrogen (secondary N) is 2. The monoisotopic (exact) mass is 330 g/mol. The summed E-state index contributed by atoms with van der Waals surface area (Å²) < 4.78 is 4.40. The van der Waals surface area contributed by atoms with Crippen LogP contribution in [0, 0.1) is 0 Å². The van der Waals surface area contributed by atoms with E-state index in [0.717, 1.165) is 22.9 Å². The van der Waals surface area contributed by atoms with Crippen molar-refractivity contribution < 1.29 is 5.11 Å². The third kappa shape index (κ3) is 3.54. The number of aliphatic hydroxyl groups is 1. The maximum absolute atomic E-state index is 9.71. The summed E-state index contributed by atoms with van der Waals surface area (Å²) in [7, 11) is 0. The normalized spacial score (nSPS) is 13.4. The predicted molar refractivity (Wildman–Crippen MR) is 95.1 cm³/mol. The lowest BCUT2D eigenvalue weighted by molar-refractivity contribution is 0.274. The largest absolute Gasteiger partial charge is 0.394 e. The number of anilines is 1. The van der Waals surface area contributed by atoms with E-state index in [-0.39, 0.29) is 18.1 Å². The van der Waals surface area contributed by atoms with E-state index in [4.69, 9.17) is 0 Å². The van der Waals surface area contributed by atoms with E-state index in [1.54, 1.807) is 0 Å². The van der Waals surface area contributed by atoms with Crippen LogP contribution in [0.15, 0.2) is 30.5 Å². The summed E-state index contributed by atoms with van der Waals surface area (Å²) in [4.78, 5) is 7.81. The first kappa shape index (κ1) is 16.0. The van der Waals surface area contributed by atoms with E-state index < -0.39 is 0 Å². The van der Waals surface area contributed by atoms with Crippen LogP contribution in [0.2, 0.25) is 0 Å². The van der Waals surface area contributed by atoms with Gasteiger partial charge in [-0.1, -0.05) is 39.0 Å². The fourth-order valence-corrected chi connectivity index (χ4v) is 3.32. The van der Waals surface area contributed by atoms with Gasteiger partial charge in [0.15, 0.2) is 0 Å². The minimum atomic E-state index is -0.0880. The highest BCUT2D eigenvalue weighted by atomic mass is 32.1. The van der Waals surface area contributed by atoms with Gasteiger partial charge in [-0.2, -0.15) is 4.37 Å². The summed E-state index contributed by atoms with van der Waals surface area (Å²) in [6.45, 7) is 6.32. The van der Waals surface area contributed by atoms with Crippen molar-refractivity contribution >= 4 is 27.6 Å². The molecule has 6 heteroatoms. The maximum Gasteiger partial charge on any atom is 0.202 e. The number of aromatic nitrogens is 3. The summed E-state index contributed by atoms with van der Waals surface area (Å²) in [6.07, 6.45) is 2.74. The number of hydrogen-bond acceptors (Lipinski definition) is 5. The predicted octanol–water partition coefficient (Wildman–Crippen LogP) is 3.33. The number of aliphatic hydroxyl groups excluding tert-OH is 1. The molecule has 2 aromatic heterocycles. The van der Waals surface area contributed by atoms with Crippen molar-refractivity contribution in [3.8, 4) is 0 Å². The molecule has 1 atom stereocenters. The number of H-pyrrole nitrogens is 1. The molecule has 1 aromatic carbocycles. The molecule has 0 radical (unpaired) electrons. The lowest BCUT2D eigenvalue weighted by Gasteiger charge is -2.15. The van der Waals surface area contributed by atoms with Crippen LogP contribution < -0.4 is 5.32 Å². The Morgan fingerprint density at radius 2 is 2.09 bits per heavy atom. The van der Waals surface area contributed by atoms with Crippen LogP contribution >= 0.6 is 11.5 Å². The number of fused-ring (bicyclic) bond motifs is 1. The zero-order chi connectivity index (χ0) is 16.4. The standard InChI is InChI=1S/C17H22N4OS/c1-17(2,3)15-20-16(23-21-15)19-12(10-22)8-11-9-18-14-7-5-4-6-13(11)14/h4-7,9,12,18,22H,8,10H2,1-3H3,(H,19,20,21). The Labute approximate surface area is 139 Å². The SMILES string of the molecule is CC(C)(C)c1nsc(NC(CO)Cc2c[nH]c3ccccc23)n1. The Balaban J connectivity index is 1.74. The summed E-state index contributed by atoms with van der Waals surface area (Å²) in [5, 5.41) is 15.0. The first-order valence-corrected chi connectivity index (χ1v) is 8.51. The smallest absolute Gasteiger partial charge is 0.202 e. The average Bonchev–Trinajstić information content (AvgIpc) is 3.14. The van der Waals surface area contributed by atoms with Crippen molar-refractivity contribution in [1.82, 2.24) is 14.3 Å². The van der Waals surface area contributed by atoms with Gasteiger partial charge in [-0.25, -0.2) is 4.98 Å². The number of benzene rings is 1. The maximum atomic E-state index is 9.71. The Kier molecular flexibility index (Phi) is 4.37. The molecule has 0 saturated carbocycles. The van der Waals surface area contributed by atoms with Crippen molar-refractivity contribution in [2.24, 2.45) is 0 Å². The molecule has 3 N–H and O–H groups in total. The molecule has 0 fully saturated rings. The fourth-order valence-electron chi connectivity index (χ4n) is 2.49. The molecule has 0 saturated heterocycles. The lowest BCUT2D eigenvalue weighted by atomic mass is 9.96. The van der Waals surface area contributed by atoms with Gasteiger partial charge in [-0.3, -0.25) is 0 Å². The Morgan fingerprint density at radius 1 is 1.30 bits per heavy atom. The minimum absolute atomic E-state index is 0.0456. The van der Waals surface area contributed by atoms with Gasteiger partial charge in [-0.15, -0.1) is 0 Å². The van der Waals surface area contributed by atoms with Crippen LogP contribution in [0.5, 0.6) is 0 Å². The second kappa shape index (κ2) is 6.29. The minimum Gasteiger partial charge on any atom is -0.394 e. The van der Waals surface area contributed by atoms with E-state index in [0.29, 0.717) is 0 Å². The number of rotatable bonds is 5. The number of aromatic amines is 1. The summed E-state index contributed by atoms with van der Waals surface area (Å²) >= 11 is 1.35. The molecule has 5 nitrogen and oxygen atoms in total. The van der Waals surface area contributed by atoms with Crippen molar-refractivity contribution in [3.63, 3.8) is 0 Å². The van der Waals surface area contributed by atoms with Gasteiger partial charge in [0.2, 0.25) is 5.13 Å². The topological polar surface area (TPSA) is 73.8 Å². The van der Waals surface area contributed by atoms with Crippen LogP contribution in [0.4, 0.5) is 5.13 Å². The molecule has 0 aliphatic heterocycles. The van der Waals surface area contributed by atoms with E-state index in [1.807, 2.05) is 18.3 Å². The van der Waals surface area contributed by atoms with Gasteiger partial charge in [0.05, 0.1) is 12.6 Å². The van der Waals surface area contributed by atoms with E-state index >= 15 is 0 Å². The van der Waals surface area contributed by atoms with Crippen molar-refractivity contribution in [2.45, 2.75) is 38.6 Å². The van der Waals surface area contributed by atoms with Gasteiger partial charge in [0, 0.05) is 34.0 Å². The van der Waals surface area contributed by atoms with E-state index in [1.165, 1.54) is 22.5 Å². The fraction of sp³-hybridized carbons (Fsp3) is 0.412. The molecule has 0 aliphatic carbocycles. The van der Waals surface area contributed by atoms with Gasteiger partial charge in [0.1, 0.15) is 5.82 Å². The molecule has 3 rings (SSSR count). The summed E-state index contributed by atoms with van der Waals surface area (Å²) in [5.74, 6) is 0.828. The molecule has 1 unspecified atom stereocenters. The highest BCUT2D eigenvalue weighted by Gasteiger charge is 2.21. The molecule has 3 aromatic rings. The molecule has 0 spiro atoms. The second-order valence-electron chi connectivity index (χ2n) is 6.76. The Bertz CT molecular complexity index is 787. The Morgan fingerprint density at radius 3 is 2.78 bits per heavy atom. The first-order valence-electron chi connectivity index (χ1n) is 7.74.